The average molecular weight is 1350 g/mol. The molecule has 100 heavy (non-hydrogen) atoms. The summed E-state index contributed by atoms with van der Waals surface area (Å²) in [4.78, 5) is 45.5. The van der Waals surface area contributed by atoms with E-state index in [0.29, 0.717) is 67.8 Å². The van der Waals surface area contributed by atoms with Crippen molar-refractivity contribution in [1.29, 1.82) is 0 Å². The minimum Gasteiger partial charge on any atom is -0.465 e. The minimum atomic E-state index is -1.59. The molecule has 514 valence electrons. The van der Waals surface area contributed by atoms with E-state index in [0.717, 1.165) is 16.4 Å². The second kappa shape index (κ2) is 32.6. The predicted octanol–water partition coefficient (Wildman–Crippen LogP) is 15.0. The molecule has 0 saturated carbocycles. The van der Waals surface area contributed by atoms with E-state index >= 15 is 0 Å². The molecule has 0 bridgehead atoms. The lowest BCUT2D eigenvalue weighted by Crippen LogP contribution is -2.41. The van der Waals surface area contributed by atoms with Gasteiger partial charge in [0.2, 0.25) is 0 Å². The molecule has 3 saturated heterocycles. The summed E-state index contributed by atoms with van der Waals surface area (Å²) in [5.41, 5.74) is 7.40. The first-order valence-electron chi connectivity index (χ1n) is 32.3. The average Bonchev–Trinajstić information content (AvgIpc) is 1.64. The van der Waals surface area contributed by atoms with Gasteiger partial charge in [0.1, 0.15) is 0 Å². The Kier molecular flexibility index (Phi) is 24.8. The third-order valence-corrected chi connectivity index (χ3v) is 17.8. The number of hydrogen-bond acceptors (Lipinski definition) is 22. The van der Waals surface area contributed by atoms with Crippen LogP contribution in [0.2, 0.25) is 0 Å². The van der Waals surface area contributed by atoms with Gasteiger partial charge in [0, 0.05) is 33.0 Å². The Labute approximate surface area is 585 Å². The van der Waals surface area contributed by atoms with Crippen molar-refractivity contribution >= 4 is 119 Å². The van der Waals surface area contributed by atoms with Crippen LogP contribution in [0.5, 0.6) is 0 Å². The molecule has 3 aliphatic rings. The van der Waals surface area contributed by atoms with Crippen LogP contribution in [0.4, 0.5) is 45.5 Å². The van der Waals surface area contributed by atoms with Crippen molar-refractivity contribution in [1.82, 2.24) is 0 Å². The number of methoxy groups -OCH3 is 2. The van der Waals surface area contributed by atoms with Crippen LogP contribution in [0.3, 0.4) is 0 Å². The van der Waals surface area contributed by atoms with Crippen LogP contribution in [0.25, 0.3) is 0 Å². The monoisotopic (exact) mass is 1350 g/mol. The molecule has 0 atom stereocenters. The van der Waals surface area contributed by atoms with Gasteiger partial charge in [-0.05, 0) is 218 Å². The lowest BCUT2D eigenvalue weighted by molar-refractivity contribution is 0.00578. The van der Waals surface area contributed by atoms with Gasteiger partial charge in [0.25, 0.3) is 0 Å². The zero-order chi connectivity index (χ0) is 72.8. The maximum atomic E-state index is 11.5. The number of Topliss-reactive ketones (excluding diaryl/α,β-unsaturated/α-hetero) is 2. The van der Waals surface area contributed by atoms with E-state index in [1.54, 1.807) is 121 Å². The minimum absolute atomic E-state index is 0.0118. The molecular weight excluding hydrogens is 1270 g/mol. The number of nitrogens with zero attached hydrogens (tertiary/aromatic N) is 8. The van der Waals surface area contributed by atoms with E-state index < -0.39 is 62.1 Å². The normalized spacial score (nSPS) is 16.7. The van der Waals surface area contributed by atoms with Crippen molar-refractivity contribution < 1.29 is 66.6 Å². The van der Waals surface area contributed by atoms with Gasteiger partial charge in [-0.2, -0.15) is 40.9 Å². The van der Waals surface area contributed by atoms with Gasteiger partial charge < -0.3 is 47.4 Å². The fraction of sp³-hybridized carbons (Fsp3) is 0.297. The van der Waals surface area contributed by atoms with E-state index in [1.807, 2.05) is 156 Å². The SMILES string of the molecule is CC(=O)c1ccc(N=Nc2ccccc2B(O)O)cc1.CC(=O)c1ccc(N=Nc2ccccc2B2OC(C)(C)C(C)(C)O2)cc1.COC(=O)c1ccc(N=Nc2ccccc2B2OC(C)(C)C(C)(C)O2)cc1.COC(=O)c1ccc(N=Nc2ccccc2B2OC(C)(C)C(C)(C)O2)cc1. The summed E-state index contributed by atoms with van der Waals surface area (Å²) in [6, 6.07) is 56.7. The molecule has 8 aromatic carbocycles. The summed E-state index contributed by atoms with van der Waals surface area (Å²) in [7, 11) is -0.398. The first-order chi connectivity index (χ1) is 47.2. The maximum absolute atomic E-state index is 11.5. The molecule has 0 aromatic heterocycles. The van der Waals surface area contributed by atoms with Crippen molar-refractivity contribution in [3.05, 3.63) is 216 Å². The molecule has 11 rings (SSSR count). The number of azo groups is 4. The quantitative estimate of drug-likeness (QED) is 0.0394. The van der Waals surface area contributed by atoms with Crippen LogP contribution in [-0.2, 0) is 37.4 Å². The second-order valence-corrected chi connectivity index (χ2v) is 26.5. The van der Waals surface area contributed by atoms with E-state index in [-0.39, 0.29) is 29.0 Å². The Bertz CT molecular complexity index is 4110. The maximum Gasteiger partial charge on any atom is 0.497 e. The summed E-state index contributed by atoms with van der Waals surface area (Å²) in [6.45, 7) is 27.2. The summed E-state index contributed by atoms with van der Waals surface area (Å²) in [5, 5.41) is 52.3. The smallest absolute Gasteiger partial charge is 0.465 e. The van der Waals surface area contributed by atoms with Crippen molar-refractivity contribution in [2.45, 2.75) is 131 Å². The molecule has 3 heterocycles. The zero-order valence-electron chi connectivity index (χ0n) is 59.2. The van der Waals surface area contributed by atoms with Crippen LogP contribution in [-0.4, -0.2) is 110 Å². The van der Waals surface area contributed by atoms with Gasteiger partial charge in [-0.15, -0.1) is 0 Å². The number of rotatable bonds is 16. The molecule has 3 aliphatic heterocycles. The van der Waals surface area contributed by atoms with Crippen molar-refractivity contribution in [2.24, 2.45) is 40.9 Å². The van der Waals surface area contributed by atoms with E-state index in [9.17, 15) is 29.2 Å². The highest BCUT2D eigenvalue weighted by Crippen LogP contribution is 2.40. The molecular formula is C74H82B4N8O14. The van der Waals surface area contributed by atoms with Gasteiger partial charge in [-0.1, -0.05) is 72.8 Å². The number of hydrogen-bond donors (Lipinski definition) is 2. The van der Waals surface area contributed by atoms with Gasteiger partial charge in [-0.25, -0.2) is 9.59 Å². The molecule has 22 nitrogen and oxygen atoms in total. The first kappa shape index (κ1) is 76.1. The van der Waals surface area contributed by atoms with E-state index in [4.69, 9.17) is 37.4 Å². The van der Waals surface area contributed by atoms with Crippen LogP contribution < -0.4 is 21.9 Å². The first-order valence-corrected chi connectivity index (χ1v) is 32.3. The van der Waals surface area contributed by atoms with Crippen LogP contribution in [0, 0.1) is 0 Å². The molecule has 3 fully saturated rings. The van der Waals surface area contributed by atoms with Gasteiger partial charge in [0.05, 0.1) is 104 Å². The third kappa shape index (κ3) is 19.2. The molecule has 0 aliphatic carbocycles. The van der Waals surface area contributed by atoms with E-state index in [1.165, 1.54) is 28.1 Å². The Morgan fingerprint density at radius 1 is 0.320 bits per heavy atom. The topological polar surface area (TPSA) is 281 Å². The summed E-state index contributed by atoms with van der Waals surface area (Å²) in [6.07, 6.45) is 0. The molecule has 2 N–H and O–H groups in total. The number of ether oxygens (including phenoxy) is 2. The number of carbonyl (C=O) groups excluding carboxylic acids is 4. The molecule has 0 unspecified atom stereocenters. The lowest BCUT2D eigenvalue weighted by Gasteiger charge is -2.32. The largest absolute Gasteiger partial charge is 0.497 e. The lowest BCUT2D eigenvalue weighted by atomic mass is 9.78. The highest BCUT2D eigenvalue weighted by atomic mass is 16.7. The summed E-state index contributed by atoms with van der Waals surface area (Å²) in [5.74, 6) is -0.754. The number of ketones is 2. The van der Waals surface area contributed by atoms with Crippen LogP contribution in [0.1, 0.15) is 138 Å². The standard InChI is InChI=1S/2C20H23BN2O4.C20H23BN2O3.C14H13BN2O3/c2*1-19(2)20(3,4)27-21(26-19)16-8-6-7-9-17(16)23-22-15-12-10-14(11-13-15)18(24)25-5;1-14(24)15-10-12-16(13-11-15)22-23-18-9-7-6-8-17(18)21-25-19(2,3)20(4,5)26-21;1-10(18)11-6-8-12(9-7-11)16-17-14-5-3-2-4-13(14)15(19)20/h2*6-13H,1-5H3;6-13H,1-5H3;2-9,19-20H,1H3. The fourth-order valence-corrected chi connectivity index (χ4v) is 9.58. The Morgan fingerprint density at radius 3 is 0.780 bits per heavy atom. The van der Waals surface area contributed by atoms with Crippen molar-refractivity contribution in [3.63, 3.8) is 0 Å². The van der Waals surface area contributed by atoms with Gasteiger partial charge >= 0.3 is 40.4 Å². The van der Waals surface area contributed by atoms with E-state index in [2.05, 4.69) is 40.9 Å². The highest BCUT2D eigenvalue weighted by Gasteiger charge is 2.54. The third-order valence-electron chi connectivity index (χ3n) is 17.8. The fourth-order valence-electron chi connectivity index (χ4n) is 9.58. The summed E-state index contributed by atoms with van der Waals surface area (Å²) < 4.78 is 46.1. The zero-order valence-corrected chi connectivity index (χ0v) is 59.2. The van der Waals surface area contributed by atoms with Crippen molar-refractivity contribution in [3.8, 4) is 0 Å². The predicted molar refractivity (Wildman–Crippen MR) is 388 cm³/mol. The van der Waals surface area contributed by atoms with Crippen molar-refractivity contribution in [2.75, 3.05) is 14.2 Å². The number of carbonyl (C=O) groups is 4. The second-order valence-electron chi connectivity index (χ2n) is 26.5. The Balaban J connectivity index is 0.000000171. The molecule has 26 heteroatoms. The molecule has 8 aromatic rings. The molecule has 0 spiro atoms. The Morgan fingerprint density at radius 2 is 0.540 bits per heavy atom. The van der Waals surface area contributed by atoms with Crippen LogP contribution in [0.15, 0.2) is 235 Å². The number of esters is 2. The van der Waals surface area contributed by atoms with Crippen LogP contribution >= 0.6 is 0 Å². The molecule has 0 radical (unpaired) electrons. The van der Waals surface area contributed by atoms with Gasteiger partial charge in [-0.3, -0.25) is 9.59 Å². The highest BCUT2D eigenvalue weighted by molar-refractivity contribution is 6.65. The summed E-state index contributed by atoms with van der Waals surface area (Å²) >= 11 is 0. The Hall–Kier alpha value is -9.62. The molecule has 0 amide bonds. The number of benzene rings is 8. The van der Waals surface area contributed by atoms with Gasteiger partial charge in [0.15, 0.2) is 11.6 Å².